The average molecular weight is 471 g/mol. The number of carbonyl (C=O) groups is 1. The summed E-state index contributed by atoms with van der Waals surface area (Å²) in [5.74, 6) is 3.54. The first-order valence-electron chi connectivity index (χ1n) is 12.2. The zero-order chi connectivity index (χ0) is 27.9. The van der Waals surface area contributed by atoms with Crippen LogP contribution < -0.4 is 4.72 Å². The Morgan fingerprint density at radius 1 is 1.22 bits per heavy atom. The molecular formula is C24H20N2O4S2. The van der Waals surface area contributed by atoms with Crippen LogP contribution in [0.5, 0.6) is 0 Å². The lowest BCUT2D eigenvalue weighted by molar-refractivity contribution is -0.138. The van der Waals surface area contributed by atoms with Crippen molar-refractivity contribution in [2.75, 3.05) is 0 Å². The zero-order valence-electron chi connectivity index (χ0n) is 22.3. The molecule has 1 atom stereocenters. The number of aryl methyl sites for hydroxylation is 1. The molecule has 0 aliphatic heterocycles. The van der Waals surface area contributed by atoms with E-state index in [1.807, 2.05) is 0 Å². The normalized spacial score (nSPS) is 16.9. The van der Waals surface area contributed by atoms with Crippen molar-refractivity contribution in [3.8, 4) is 11.8 Å². The number of aliphatic carboxylic acids is 1. The van der Waals surface area contributed by atoms with Gasteiger partial charge in [-0.25, -0.2) is 8.42 Å². The second-order valence-electron chi connectivity index (χ2n) is 6.60. The highest BCUT2D eigenvalue weighted by atomic mass is 32.2. The first kappa shape index (κ1) is 15.4. The van der Waals surface area contributed by atoms with E-state index in [4.69, 9.17) is 8.22 Å². The van der Waals surface area contributed by atoms with E-state index in [9.17, 15) is 18.3 Å². The number of nitrogens with one attached hydrogen (secondary N) is 2. The Hall–Kier alpha value is -3.38. The van der Waals surface area contributed by atoms with Crippen LogP contribution in [0.1, 0.15) is 29.8 Å². The van der Waals surface area contributed by atoms with E-state index in [-0.39, 0.29) is 15.3 Å². The first-order valence-corrected chi connectivity index (χ1v) is 11.5. The topological polar surface area (TPSA) is 99.3 Å². The molecule has 0 spiro atoms. The minimum atomic E-state index is -4.65. The third-order valence-corrected chi connectivity index (χ3v) is 7.20. The first-order chi connectivity index (χ1) is 17.6. The number of thiophene rings is 1. The monoisotopic (exact) mass is 470 g/mol. The number of H-pyrrole nitrogens is 1. The van der Waals surface area contributed by atoms with Gasteiger partial charge in [0, 0.05) is 35.9 Å². The molecule has 0 aliphatic rings. The molecule has 32 heavy (non-hydrogen) atoms. The van der Waals surface area contributed by atoms with Gasteiger partial charge in [-0.3, -0.25) is 4.79 Å². The van der Waals surface area contributed by atoms with Crippen LogP contribution in [0, 0.1) is 18.7 Å². The fourth-order valence-corrected chi connectivity index (χ4v) is 5.01. The van der Waals surface area contributed by atoms with Crippen molar-refractivity contribution in [3.05, 3.63) is 88.4 Å². The fraction of sp³-hybridized carbons (Fsp3) is 0.125. The van der Waals surface area contributed by atoms with Crippen LogP contribution in [-0.2, 0) is 21.2 Å². The van der Waals surface area contributed by atoms with E-state index in [2.05, 4.69) is 16.8 Å². The summed E-state index contributed by atoms with van der Waals surface area (Å²) < 4.78 is 75.3. The fourth-order valence-electron chi connectivity index (χ4n) is 2.84. The zero-order valence-corrected chi connectivity index (χ0v) is 18.0. The van der Waals surface area contributed by atoms with Crippen molar-refractivity contribution in [2.45, 2.75) is 23.5 Å². The number of aromatic amines is 1. The number of rotatable bonds is 6. The molecule has 0 fully saturated rings. The van der Waals surface area contributed by atoms with Gasteiger partial charge in [0.2, 0.25) is 0 Å². The molecule has 0 radical (unpaired) electrons. The van der Waals surface area contributed by atoms with Crippen LogP contribution in [0.2, 0.25) is 0 Å². The number of hydrogen-bond acceptors (Lipinski definition) is 4. The van der Waals surface area contributed by atoms with Gasteiger partial charge in [-0.15, -0.1) is 11.3 Å². The molecule has 0 saturated carbocycles. The molecule has 8 heteroatoms. The number of fused-ring (bicyclic) bond motifs is 1. The number of sulfonamides is 1. The van der Waals surface area contributed by atoms with Gasteiger partial charge in [0.25, 0.3) is 10.0 Å². The van der Waals surface area contributed by atoms with Gasteiger partial charge >= 0.3 is 5.97 Å². The molecule has 4 rings (SSSR count). The van der Waals surface area contributed by atoms with Crippen LogP contribution in [0.15, 0.2) is 71.1 Å². The second-order valence-corrected chi connectivity index (χ2v) is 9.60. The Kier molecular flexibility index (Phi) is 4.34. The molecule has 2 aromatic carbocycles. The third kappa shape index (κ3) is 4.92. The summed E-state index contributed by atoms with van der Waals surface area (Å²) in [6.45, 7) is -2.25. The molecule has 0 bridgehead atoms. The predicted molar refractivity (Wildman–Crippen MR) is 125 cm³/mol. The Morgan fingerprint density at radius 2 is 2.00 bits per heavy atom. The Labute approximate surface area is 198 Å². The maximum absolute atomic E-state index is 13.1. The lowest BCUT2D eigenvalue weighted by atomic mass is 10.1. The van der Waals surface area contributed by atoms with Crippen molar-refractivity contribution >= 4 is 38.2 Å². The number of hydrogen-bond donors (Lipinski definition) is 3. The highest BCUT2D eigenvalue weighted by Gasteiger charge is 2.27. The highest BCUT2D eigenvalue weighted by molar-refractivity contribution is 7.91. The van der Waals surface area contributed by atoms with Gasteiger partial charge < -0.3 is 10.1 Å². The maximum Gasteiger partial charge on any atom is 0.322 e. The number of carboxylic acid groups (broad SMARTS) is 1. The summed E-state index contributed by atoms with van der Waals surface area (Å²) >= 11 is 0.711. The van der Waals surface area contributed by atoms with Crippen molar-refractivity contribution in [3.63, 3.8) is 0 Å². The van der Waals surface area contributed by atoms with Gasteiger partial charge in [0.05, 0.1) is 6.25 Å². The highest BCUT2D eigenvalue weighted by Crippen LogP contribution is 2.23. The van der Waals surface area contributed by atoms with Crippen molar-refractivity contribution in [1.82, 2.24) is 9.71 Å². The van der Waals surface area contributed by atoms with E-state index < -0.39 is 35.2 Å². The third-order valence-electron chi connectivity index (χ3n) is 4.36. The molecule has 0 amide bonds. The number of aromatic nitrogens is 1. The van der Waals surface area contributed by atoms with E-state index in [1.54, 1.807) is 22.9 Å². The Balaban J connectivity index is 1.62. The average Bonchev–Trinajstić information content (AvgIpc) is 3.50. The summed E-state index contributed by atoms with van der Waals surface area (Å²) in [5, 5.41) is 10.1. The summed E-state index contributed by atoms with van der Waals surface area (Å²) in [5.41, 5.74) is 0.965. The van der Waals surface area contributed by atoms with Crippen LogP contribution in [-0.4, -0.2) is 30.5 Å². The van der Waals surface area contributed by atoms with Crippen molar-refractivity contribution in [2.24, 2.45) is 0 Å². The summed E-state index contributed by atoms with van der Waals surface area (Å²) in [6.07, 6.45) is -1.76. The predicted octanol–water partition coefficient (Wildman–Crippen LogP) is 3.91. The SMILES string of the molecule is [2H]C([2H])([2H])c1ccc(C#Cc2ccc(S(=O)(=O)N[C@@]([2H])(C(=O)O)C([2H])([2H])c3c[nH]c4ccccc34)s2)cc1. The summed E-state index contributed by atoms with van der Waals surface area (Å²) in [7, 11) is -4.65. The van der Waals surface area contributed by atoms with Crippen LogP contribution in [0.3, 0.4) is 0 Å². The van der Waals surface area contributed by atoms with Gasteiger partial charge in [-0.05, 0) is 42.7 Å². The van der Waals surface area contributed by atoms with Crippen LogP contribution >= 0.6 is 11.3 Å². The minimum Gasteiger partial charge on any atom is -0.480 e. The van der Waals surface area contributed by atoms with E-state index in [0.29, 0.717) is 32.7 Å². The van der Waals surface area contributed by atoms with E-state index in [0.717, 1.165) is 0 Å². The smallest absolute Gasteiger partial charge is 0.322 e. The number of benzene rings is 2. The van der Waals surface area contributed by atoms with Crippen LogP contribution in [0.4, 0.5) is 0 Å². The number of carboxylic acids is 1. The Morgan fingerprint density at radius 3 is 2.75 bits per heavy atom. The molecule has 0 unspecified atom stereocenters. The van der Waals surface area contributed by atoms with Gasteiger partial charge in [-0.1, -0.05) is 47.7 Å². The molecular weight excluding hydrogens is 444 g/mol. The standard InChI is InChI=1S/C24H20N2O4S2/c1-16-6-8-17(9-7-16)10-11-19-12-13-23(31-19)32(29,30)26-22(24(27)28)14-18-15-25-21-5-3-2-4-20(18)21/h2-9,12-13,15,22,25-26H,14H2,1H3,(H,27,28)/t22-/m1/s1/i1D3,14D2,22D. The molecule has 3 N–H and O–H groups in total. The van der Waals surface area contributed by atoms with E-state index >= 15 is 0 Å². The second kappa shape index (κ2) is 9.01. The maximum atomic E-state index is 13.1. The largest absolute Gasteiger partial charge is 0.480 e. The van der Waals surface area contributed by atoms with E-state index in [1.165, 1.54) is 48.7 Å². The summed E-state index contributed by atoms with van der Waals surface area (Å²) in [6, 6.07) is 11.6. The molecule has 0 saturated heterocycles. The Bertz CT molecular complexity index is 1680. The summed E-state index contributed by atoms with van der Waals surface area (Å²) in [4.78, 5) is 15.2. The minimum absolute atomic E-state index is 0.156. The van der Waals surface area contributed by atoms with Gasteiger partial charge in [0.1, 0.15) is 10.2 Å². The lowest BCUT2D eigenvalue weighted by Crippen LogP contribution is -2.41. The molecule has 6 nitrogen and oxygen atoms in total. The lowest BCUT2D eigenvalue weighted by Gasteiger charge is -2.13. The van der Waals surface area contributed by atoms with Gasteiger partial charge in [-0.2, -0.15) is 4.72 Å². The molecule has 2 heterocycles. The van der Waals surface area contributed by atoms with Crippen molar-refractivity contribution < 1.29 is 26.5 Å². The quantitative estimate of drug-likeness (QED) is 0.372. The van der Waals surface area contributed by atoms with Gasteiger partial charge in [0.15, 0.2) is 0 Å². The molecule has 4 aromatic rings. The number of para-hydroxylation sites is 1. The van der Waals surface area contributed by atoms with Crippen molar-refractivity contribution in [1.29, 1.82) is 0 Å². The molecule has 0 aliphatic carbocycles. The molecule has 162 valence electrons. The van der Waals surface area contributed by atoms with Crippen LogP contribution in [0.25, 0.3) is 10.9 Å². The molecule has 2 aromatic heterocycles.